The van der Waals surface area contributed by atoms with Crippen molar-refractivity contribution in [2.45, 2.75) is 37.9 Å². The summed E-state index contributed by atoms with van der Waals surface area (Å²) >= 11 is 0. The van der Waals surface area contributed by atoms with Gasteiger partial charge in [0.2, 0.25) is 5.91 Å². The predicted octanol–water partition coefficient (Wildman–Crippen LogP) is 1.42. The van der Waals surface area contributed by atoms with Crippen LogP contribution in [0.5, 0.6) is 0 Å². The topological polar surface area (TPSA) is 66.8 Å². The molecule has 0 aromatic heterocycles. The number of hydrogen-bond acceptors (Lipinski definition) is 3. The Hall–Kier alpha value is -1.31. The second kappa shape index (κ2) is 6.74. The summed E-state index contributed by atoms with van der Waals surface area (Å²) in [5, 5.41) is 9.02. The van der Waals surface area contributed by atoms with Crippen LogP contribution in [0.1, 0.15) is 25.7 Å². The van der Waals surface area contributed by atoms with Gasteiger partial charge in [0.25, 0.3) is 0 Å². The van der Waals surface area contributed by atoms with Crippen molar-refractivity contribution in [1.82, 2.24) is 4.90 Å². The Labute approximate surface area is 108 Å². The molecule has 1 fully saturated rings. The second-order valence-electron chi connectivity index (χ2n) is 4.40. The first-order valence-electron chi connectivity index (χ1n) is 5.98. The monoisotopic (exact) mass is 283 g/mol. The number of nitrogens with zero attached hydrogens (tertiary/aromatic N) is 1. The van der Waals surface area contributed by atoms with Gasteiger partial charge in [-0.25, -0.2) is 4.79 Å². The summed E-state index contributed by atoms with van der Waals surface area (Å²) in [6.45, 7) is -2.02. The minimum Gasteiger partial charge on any atom is -0.480 e. The zero-order chi connectivity index (χ0) is 14.5. The van der Waals surface area contributed by atoms with Crippen LogP contribution in [0.2, 0.25) is 0 Å². The summed E-state index contributed by atoms with van der Waals surface area (Å²) in [4.78, 5) is 23.9. The van der Waals surface area contributed by atoms with Crippen LogP contribution in [-0.2, 0) is 14.3 Å². The lowest BCUT2D eigenvalue weighted by molar-refractivity contribution is -0.179. The lowest BCUT2D eigenvalue weighted by atomic mass is 10.1. The molecule has 1 atom stereocenters. The third-order valence-corrected chi connectivity index (χ3v) is 2.85. The number of hydrogen-bond donors (Lipinski definition) is 1. The number of carbonyl (C=O) groups excluding carboxylic acids is 1. The molecule has 110 valence electrons. The number of ether oxygens (including phenoxy) is 1. The Balaban J connectivity index is 2.54. The van der Waals surface area contributed by atoms with Gasteiger partial charge in [0.15, 0.2) is 0 Å². The van der Waals surface area contributed by atoms with Crippen LogP contribution in [0.3, 0.4) is 0 Å². The first-order chi connectivity index (χ1) is 8.81. The largest absolute Gasteiger partial charge is 0.480 e. The fraction of sp³-hybridized carbons (Fsp3) is 0.818. The van der Waals surface area contributed by atoms with Gasteiger partial charge < -0.3 is 14.7 Å². The average molecular weight is 283 g/mol. The van der Waals surface area contributed by atoms with Crippen LogP contribution in [0.4, 0.5) is 13.2 Å². The summed E-state index contributed by atoms with van der Waals surface area (Å²) in [5.41, 5.74) is 0. The van der Waals surface area contributed by atoms with Gasteiger partial charge in [-0.05, 0) is 12.8 Å². The van der Waals surface area contributed by atoms with Gasteiger partial charge >= 0.3 is 12.1 Å². The number of rotatable bonds is 4. The van der Waals surface area contributed by atoms with E-state index in [0.717, 1.165) is 11.3 Å². The summed E-state index contributed by atoms with van der Waals surface area (Å²) in [5.74, 6) is -1.84. The molecule has 5 nitrogen and oxygen atoms in total. The normalized spacial score (nSPS) is 21.0. The highest BCUT2D eigenvalue weighted by atomic mass is 19.4. The van der Waals surface area contributed by atoms with Crippen LogP contribution in [0.25, 0.3) is 0 Å². The van der Waals surface area contributed by atoms with E-state index in [0.29, 0.717) is 19.3 Å². The van der Waals surface area contributed by atoms with E-state index in [4.69, 9.17) is 5.11 Å². The van der Waals surface area contributed by atoms with Gasteiger partial charge in [-0.1, -0.05) is 12.8 Å². The maximum Gasteiger partial charge on any atom is 0.411 e. The molecule has 0 saturated carbocycles. The van der Waals surface area contributed by atoms with Crippen molar-refractivity contribution < 1.29 is 32.6 Å². The summed E-state index contributed by atoms with van der Waals surface area (Å²) in [7, 11) is 0. The van der Waals surface area contributed by atoms with E-state index in [1.807, 2.05) is 0 Å². The van der Waals surface area contributed by atoms with E-state index < -0.39 is 37.3 Å². The molecule has 8 heteroatoms. The Morgan fingerprint density at radius 3 is 2.53 bits per heavy atom. The Bertz CT molecular complexity index is 332. The van der Waals surface area contributed by atoms with E-state index >= 15 is 0 Å². The minimum atomic E-state index is -4.49. The average Bonchev–Trinajstić information content (AvgIpc) is 2.52. The zero-order valence-corrected chi connectivity index (χ0v) is 10.3. The molecule has 1 amide bonds. The highest BCUT2D eigenvalue weighted by Gasteiger charge is 2.32. The molecule has 0 aromatic carbocycles. The standard InChI is InChI=1S/C11H16F3NO4/c12-11(13,14)7-19-6-9(16)15-5-3-1-2-4-8(15)10(17)18/h8H,1-7H2,(H,17,18). The van der Waals surface area contributed by atoms with Crippen molar-refractivity contribution in [3.63, 3.8) is 0 Å². The first kappa shape index (κ1) is 15.7. The van der Waals surface area contributed by atoms with Crippen molar-refractivity contribution in [2.24, 2.45) is 0 Å². The molecular formula is C11H16F3NO4. The molecule has 0 aliphatic carbocycles. The highest BCUT2D eigenvalue weighted by molar-refractivity contribution is 5.84. The summed E-state index contributed by atoms with van der Waals surface area (Å²) in [6.07, 6.45) is -2.04. The lowest BCUT2D eigenvalue weighted by Crippen LogP contribution is -2.46. The molecule has 1 heterocycles. The second-order valence-corrected chi connectivity index (χ2v) is 4.40. The molecule has 1 unspecified atom stereocenters. The van der Waals surface area contributed by atoms with Crippen molar-refractivity contribution in [3.8, 4) is 0 Å². The molecule has 0 bridgehead atoms. The number of aliphatic carboxylic acids is 1. The third-order valence-electron chi connectivity index (χ3n) is 2.85. The molecule has 0 aromatic rings. The first-order valence-corrected chi connectivity index (χ1v) is 5.98. The Morgan fingerprint density at radius 2 is 1.95 bits per heavy atom. The Kier molecular flexibility index (Phi) is 5.59. The van der Waals surface area contributed by atoms with Gasteiger partial charge in [0.1, 0.15) is 19.3 Å². The van der Waals surface area contributed by atoms with Crippen molar-refractivity contribution in [1.29, 1.82) is 0 Å². The summed E-state index contributed by atoms with van der Waals surface area (Å²) < 4.78 is 39.9. The number of carboxylic acids is 1. The zero-order valence-electron chi connectivity index (χ0n) is 10.3. The molecule has 1 aliphatic heterocycles. The quantitative estimate of drug-likeness (QED) is 0.847. The van der Waals surface area contributed by atoms with Gasteiger partial charge in [-0.3, -0.25) is 4.79 Å². The molecule has 1 rings (SSSR count). The molecule has 19 heavy (non-hydrogen) atoms. The fourth-order valence-corrected chi connectivity index (χ4v) is 2.00. The maximum absolute atomic E-state index is 11.9. The Morgan fingerprint density at radius 1 is 1.26 bits per heavy atom. The lowest BCUT2D eigenvalue weighted by Gasteiger charge is -2.26. The number of halogens is 3. The number of amides is 1. The number of alkyl halides is 3. The van der Waals surface area contributed by atoms with Crippen LogP contribution in [0.15, 0.2) is 0 Å². The van der Waals surface area contributed by atoms with E-state index in [-0.39, 0.29) is 6.54 Å². The van der Waals surface area contributed by atoms with Gasteiger partial charge in [0, 0.05) is 6.54 Å². The molecule has 0 spiro atoms. The van der Waals surface area contributed by atoms with Crippen molar-refractivity contribution >= 4 is 11.9 Å². The van der Waals surface area contributed by atoms with Gasteiger partial charge in [-0.2, -0.15) is 13.2 Å². The SMILES string of the molecule is O=C(O)C1CCCCCN1C(=O)COCC(F)(F)F. The molecule has 1 saturated heterocycles. The fourth-order valence-electron chi connectivity index (χ4n) is 2.00. The molecule has 1 aliphatic rings. The summed E-state index contributed by atoms with van der Waals surface area (Å²) in [6, 6.07) is -0.968. The minimum absolute atomic E-state index is 0.241. The van der Waals surface area contributed by atoms with Crippen LogP contribution >= 0.6 is 0 Å². The van der Waals surface area contributed by atoms with E-state index in [9.17, 15) is 22.8 Å². The number of carboxylic acid groups (broad SMARTS) is 1. The van der Waals surface area contributed by atoms with E-state index in [1.165, 1.54) is 0 Å². The number of likely N-dealkylation sites (tertiary alicyclic amines) is 1. The van der Waals surface area contributed by atoms with Crippen molar-refractivity contribution in [3.05, 3.63) is 0 Å². The van der Waals surface area contributed by atoms with E-state index in [1.54, 1.807) is 0 Å². The molecule has 0 radical (unpaired) electrons. The van der Waals surface area contributed by atoms with Crippen LogP contribution in [0, 0.1) is 0 Å². The number of carbonyl (C=O) groups is 2. The van der Waals surface area contributed by atoms with Crippen LogP contribution in [-0.4, -0.2) is 53.9 Å². The smallest absolute Gasteiger partial charge is 0.411 e. The van der Waals surface area contributed by atoms with Crippen LogP contribution < -0.4 is 0 Å². The molecular weight excluding hydrogens is 267 g/mol. The van der Waals surface area contributed by atoms with Crippen molar-refractivity contribution in [2.75, 3.05) is 19.8 Å². The third kappa shape index (κ3) is 5.46. The maximum atomic E-state index is 11.9. The highest BCUT2D eigenvalue weighted by Crippen LogP contribution is 2.18. The predicted molar refractivity (Wildman–Crippen MR) is 58.5 cm³/mol. The molecule has 1 N–H and O–H groups in total. The van der Waals surface area contributed by atoms with Gasteiger partial charge in [0.05, 0.1) is 0 Å². The van der Waals surface area contributed by atoms with E-state index in [2.05, 4.69) is 4.74 Å². The van der Waals surface area contributed by atoms with Gasteiger partial charge in [-0.15, -0.1) is 0 Å².